The van der Waals surface area contributed by atoms with Crippen LogP contribution < -0.4 is 10.1 Å². The Kier molecular flexibility index (Phi) is 4.78. The van der Waals surface area contributed by atoms with Crippen molar-refractivity contribution >= 4 is 22.6 Å². The Morgan fingerprint density at radius 1 is 1.10 bits per heavy atom. The first kappa shape index (κ1) is 19.3. The number of ether oxygens (including phenoxy) is 1. The lowest BCUT2D eigenvalue weighted by molar-refractivity contribution is -0.139. The molecular formula is C19H10F4N4O3. The maximum absolute atomic E-state index is 13.4. The largest absolute Gasteiger partial charge is 0.439 e. The highest BCUT2D eigenvalue weighted by molar-refractivity contribution is 6.10. The molecule has 0 bridgehead atoms. The molecular weight excluding hydrogens is 408 g/mol. The lowest BCUT2D eigenvalue weighted by Gasteiger charge is -2.10. The molecule has 1 N–H and O–H groups in total. The minimum Gasteiger partial charge on any atom is -0.439 e. The van der Waals surface area contributed by atoms with Crippen LogP contribution in [0.3, 0.4) is 0 Å². The third-order valence-electron chi connectivity index (χ3n) is 3.97. The summed E-state index contributed by atoms with van der Waals surface area (Å²) in [4.78, 5) is 20.1. The second-order valence-corrected chi connectivity index (χ2v) is 5.99. The standard InChI is InChI=1S/C19H10F4N4O3/c20-14-4-1-10(7-13(14)19(21,22)23)26-18(28)17-12-3-2-11(8-15(12)30-27-17)29-16-5-6-24-9-25-16/h1-9H,(H,26,28). The second-order valence-electron chi connectivity index (χ2n) is 5.99. The number of hydrogen-bond acceptors (Lipinski definition) is 6. The van der Waals surface area contributed by atoms with E-state index in [-0.39, 0.29) is 17.0 Å². The zero-order valence-electron chi connectivity index (χ0n) is 14.8. The number of hydrogen-bond donors (Lipinski definition) is 1. The van der Waals surface area contributed by atoms with Crippen LogP contribution in [0.25, 0.3) is 11.0 Å². The third-order valence-corrected chi connectivity index (χ3v) is 3.97. The maximum Gasteiger partial charge on any atom is 0.419 e. The number of anilines is 1. The number of halogens is 4. The predicted octanol–water partition coefficient (Wildman–Crippen LogP) is 4.82. The zero-order valence-corrected chi connectivity index (χ0v) is 14.8. The maximum atomic E-state index is 13.4. The van der Waals surface area contributed by atoms with Crippen LogP contribution >= 0.6 is 0 Å². The van der Waals surface area contributed by atoms with E-state index in [1.807, 2.05) is 0 Å². The SMILES string of the molecule is O=C(Nc1ccc(F)c(C(F)(F)F)c1)c1noc2cc(Oc3ccncn3)ccc12. The summed E-state index contributed by atoms with van der Waals surface area (Å²) in [6.07, 6.45) is -2.09. The van der Waals surface area contributed by atoms with Gasteiger partial charge in [-0.15, -0.1) is 0 Å². The fourth-order valence-corrected chi connectivity index (χ4v) is 2.62. The van der Waals surface area contributed by atoms with Gasteiger partial charge >= 0.3 is 6.18 Å². The number of nitrogens with zero attached hydrogens (tertiary/aromatic N) is 3. The highest BCUT2D eigenvalue weighted by atomic mass is 19.4. The molecule has 7 nitrogen and oxygen atoms in total. The summed E-state index contributed by atoms with van der Waals surface area (Å²) in [5, 5.41) is 6.22. The van der Waals surface area contributed by atoms with E-state index < -0.39 is 23.5 Å². The summed E-state index contributed by atoms with van der Waals surface area (Å²) in [5.41, 5.74) is -1.68. The molecule has 0 aliphatic rings. The predicted molar refractivity (Wildman–Crippen MR) is 95.5 cm³/mol. The molecule has 0 fully saturated rings. The summed E-state index contributed by atoms with van der Waals surface area (Å²) >= 11 is 0. The highest BCUT2D eigenvalue weighted by Gasteiger charge is 2.34. The molecule has 4 aromatic rings. The first-order valence-electron chi connectivity index (χ1n) is 8.32. The molecule has 2 heterocycles. The minimum absolute atomic E-state index is 0.156. The molecule has 152 valence electrons. The number of carbonyl (C=O) groups excluding carboxylic acids is 1. The van der Waals surface area contributed by atoms with Gasteiger partial charge in [-0.1, -0.05) is 5.16 Å². The lowest BCUT2D eigenvalue weighted by Crippen LogP contribution is -2.14. The number of alkyl halides is 3. The third kappa shape index (κ3) is 3.90. The molecule has 0 spiro atoms. The number of benzene rings is 2. The van der Waals surface area contributed by atoms with Crippen molar-refractivity contribution in [1.29, 1.82) is 0 Å². The molecule has 2 aromatic carbocycles. The monoisotopic (exact) mass is 418 g/mol. The Morgan fingerprint density at radius 3 is 2.67 bits per heavy atom. The number of aromatic nitrogens is 3. The molecule has 1 amide bonds. The average molecular weight is 418 g/mol. The van der Waals surface area contributed by atoms with E-state index in [1.165, 1.54) is 30.7 Å². The van der Waals surface area contributed by atoms with E-state index in [1.54, 1.807) is 6.07 Å². The van der Waals surface area contributed by atoms with Crippen LogP contribution in [0.4, 0.5) is 23.2 Å². The fourth-order valence-electron chi connectivity index (χ4n) is 2.62. The van der Waals surface area contributed by atoms with E-state index in [0.29, 0.717) is 29.1 Å². The van der Waals surface area contributed by atoms with Crippen molar-refractivity contribution in [3.8, 4) is 11.6 Å². The number of carbonyl (C=O) groups is 1. The normalized spacial score (nSPS) is 11.5. The number of nitrogens with one attached hydrogen (secondary N) is 1. The van der Waals surface area contributed by atoms with E-state index in [9.17, 15) is 22.4 Å². The van der Waals surface area contributed by atoms with Gasteiger partial charge in [0.05, 0.1) is 10.9 Å². The van der Waals surface area contributed by atoms with Gasteiger partial charge in [-0.2, -0.15) is 13.2 Å². The number of rotatable bonds is 4. The summed E-state index contributed by atoms with van der Waals surface area (Å²) in [5.74, 6) is -1.61. The van der Waals surface area contributed by atoms with Gasteiger partial charge in [0.2, 0.25) is 5.88 Å². The Balaban J connectivity index is 1.57. The molecule has 0 saturated carbocycles. The Hall–Kier alpha value is -4.02. The van der Waals surface area contributed by atoms with Crippen molar-refractivity contribution in [2.75, 3.05) is 5.32 Å². The molecule has 2 aromatic heterocycles. The highest BCUT2D eigenvalue weighted by Crippen LogP contribution is 2.33. The van der Waals surface area contributed by atoms with Crippen molar-refractivity contribution in [3.63, 3.8) is 0 Å². The first-order chi connectivity index (χ1) is 14.3. The minimum atomic E-state index is -4.90. The summed E-state index contributed by atoms with van der Waals surface area (Å²) in [7, 11) is 0. The Labute approximate surface area is 165 Å². The zero-order chi connectivity index (χ0) is 21.3. The van der Waals surface area contributed by atoms with E-state index >= 15 is 0 Å². The van der Waals surface area contributed by atoms with Crippen LogP contribution in [0.2, 0.25) is 0 Å². The summed E-state index contributed by atoms with van der Waals surface area (Å²) in [6.45, 7) is 0. The van der Waals surface area contributed by atoms with Crippen LogP contribution in [0, 0.1) is 5.82 Å². The van der Waals surface area contributed by atoms with Crippen LogP contribution in [0.5, 0.6) is 11.6 Å². The molecule has 0 atom stereocenters. The van der Waals surface area contributed by atoms with Crippen molar-refractivity contribution < 1.29 is 31.6 Å². The quantitative estimate of drug-likeness (QED) is 0.478. The molecule has 0 radical (unpaired) electrons. The molecule has 11 heteroatoms. The average Bonchev–Trinajstić information content (AvgIpc) is 3.13. The molecule has 0 aliphatic carbocycles. The van der Waals surface area contributed by atoms with Crippen molar-refractivity contribution in [3.05, 3.63) is 72.1 Å². The van der Waals surface area contributed by atoms with E-state index in [0.717, 1.165) is 6.07 Å². The Morgan fingerprint density at radius 2 is 1.93 bits per heavy atom. The van der Waals surface area contributed by atoms with Gasteiger partial charge < -0.3 is 14.6 Å². The smallest absolute Gasteiger partial charge is 0.419 e. The van der Waals surface area contributed by atoms with Gasteiger partial charge in [0.1, 0.15) is 17.9 Å². The van der Waals surface area contributed by atoms with Crippen LogP contribution in [0.1, 0.15) is 16.1 Å². The number of amides is 1. The van der Waals surface area contributed by atoms with E-state index in [2.05, 4.69) is 20.4 Å². The van der Waals surface area contributed by atoms with Crippen molar-refractivity contribution in [2.24, 2.45) is 0 Å². The number of fused-ring (bicyclic) bond motifs is 1. The molecule has 30 heavy (non-hydrogen) atoms. The van der Waals surface area contributed by atoms with Crippen LogP contribution in [0.15, 0.2) is 59.5 Å². The molecule has 0 aliphatic heterocycles. The summed E-state index contributed by atoms with van der Waals surface area (Å²) < 4.78 is 62.6. The lowest BCUT2D eigenvalue weighted by atomic mass is 10.1. The Bertz CT molecular complexity index is 1230. The van der Waals surface area contributed by atoms with Crippen molar-refractivity contribution in [1.82, 2.24) is 15.1 Å². The van der Waals surface area contributed by atoms with Gasteiger partial charge in [-0.3, -0.25) is 4.79 Å². The van der Waals surface area contributed by atoms with Gasteiger partial charge in [0.25, 0.3) is 5.91 Å². The van der Waals surface area contributed by atoms with E-state index in [4.69, 9.17) is 9.26 Å². The van der Waals surface area contributed by atoms with Crippen molar-refractivity contribution in [2.45, 2.75) is 6.18 Å². The van der Waals surface area contributed by atoms with Gasteiger partial charge in [0, 0.05) is 24.0 Å². The van der Waals surface area contributed by atoms with Crippen LogP contribution in [-0.4, -0.2) is 21.0 Å². The summed E-state index contributed by atoms with van der Waals surface area (Å²) in [6, 6.07) is 8.20. The first-order valence-corrected chi connectivity index (χ1v) is 8.32. The fraction of sp³-hybridized carbons (Fsp3) is 0.0526. The van der Waals surface area contributed by atoms with Gasteiger partial charge in [-0.25, -0.2) is 14.4 Å². The second kappa shape index (κ2) is 7.43. The molecule has 0 saturated heterocycles. The molecule has 0 unspecified atom stereocenters. The van der Waals surface area contributed by atoms with Gasteiger partial charge in [0.15, 0.2) is 11.3 Å². The topological polar surface area (TPSA) is 90.1 Å². The van der Waals surface area contributed by atoms with Crippen LogP contribution in [-0.2, 0) is 6.18 Å². The van der Waals surface area contributed by atoms with Gasteiger partial charge in [-0.05, 0) is 30.3 Å². The molecule has 4 rings (SSSR count).